The molecule has 1 saturated carbocycles. The van der Waals surface area contributed by atoms with E-state index >= 15 is 0 Å². The van der Waals surface area contributed by atoms with Crippen molar-refractivity contribution in [3.63, 3.8) is 0 Å². The zero-order valence-electron chi connectivity index (χ0n) is 11.2. The fourth-order valence-corrected chi connectivity index (χ4v) is 2.11. The predicted octanol–water partition coefficient (Wildman–Crippen LogP) is 2.58. The zero-order valence-corrected chi connectivity index (χ0v) is 11.2. The third-order valence-electron chi connectivity index (χ3n) is 3.38. The molecule has 1 heterocycles. The lowest BCUT2D eigenvalue weighted by molar-refractivity contribution is -0.0499. The summed E-state index contributed by atoms with van der Waals surface area (Å²) in [6, 6.07) is 6.44. The largest absolute Gasteiger partial charge is 0.485 e. The standard InChI is InChI=1S/C13H14F2N4O2/c14-13(15)21-11-6-2-5-10(7-11)20-8-12-16-17-18-19(12)9-3-1-4-9/h2,5-7,9,13H,1,3-4,8H2. The molecule has 21 heavy (non-hydrogen) atoms. The Balaban J connectivity index is 1.63. The van der Waals surface area contributed by atoms with Gasteiger partial charge in [-0.1, -0.05) is 6.07 Å². The lowest BCUT2D eigenvalue weighted by Crippen LogP contribution is -2.21. The number of ether oxygens (including phenoxy) is 2. The van der Waals surface area contributed by atoms with E-state index in [2.05, 4.69) is 20.3 Å². The second kappa shape index (κ2) is 6.02. The predicted molar refractivity (Wildman–Crippen MR) is 68.1 cm³/mol. The van der Waals surface area contributed by atoms with Gasteiger partial charge in [0.15, 0.2) is 5.82 Å². The molecule has 6 nitrogen and oxygen atoms in total. The van der Waals surface area contributed by atoms with Crippen LogP contribution in [0.4, 0.5) is 8.78 Å². The lowest BCUT2D eigenvalue weighted by Gasteiger charge is -2.25. The van der Waals surface area contributed by atoms with Gasteiger partial charge in [-0.2, -0.15) is 8.78 Å². The van der Waals surface area contributed by atoms with Crippen molar-refractivity contribution in [2.75, 3.05) is 0 Å². The number of benzene rings is 1. The Bertz CT molecular complexity index is 601. The number of aromatic nitrogens is 4. The van der Waals surface area contributed by atoms with Gasteiger partial charge >= 0.3 is 6.61 Å². The van der Waals surface area contributed by atoms with E-state index < -0.39 is 6.61 Å². The highest BCUT2D eigenvalue weighted by atomic mass is 19.3. The van der Waals surface area contributed by atoms with Crippen molar-refractivity contribution in [1.29, 1.82) is 0 Å². The summed E-state index contributed by atoms with van der Waals surface area (Å²) in [6.07, 6.45) is 3.31. The van der Waals surface area contributed by atoms with E-state index in [9.17, 15) is 8.78 Å². The van der Waals surface area contributed by atoms with E-state index in [-0.39, 0.29) is 12.4 Å². The number of nitrogens with zero attached hydrogens (tertiary/aromatic N) is 4. The van der Waals surface area contributed by atoms with E-state index in [1.165, 1.54) is 18.6 Å². The quantitative estimate of drug-likeness (QED) is 0.820. The summed E-state index contributed by atoms with van der Waals surface area (Å²) in [5.74, 6) is 1.11. The molecule has 1 aromatic carbocycles. The van der Waals surface area contributed by atoms with Gasteiger partial charge in [0.05, 0.1) is 6.04 Å². The Kier molecular flexibility index (Phi) is 3.94. The van der Waals surface area contributed by atoms with Gasteiger partial charge in [0, 0.05) is 6.07 Å². The summed E-state index contributed by atoms with van der Waals surface area (Å²) < 4.78 is 35.9. The van der Waals surface area contributed by atoms with Gasteiger partial charge in [0.25, 0.3) is 0 Å². The third-order valence-corrected chi connectivity index (χ3v) is 3.38. The van der Waals surface area contributed by atoms with Crippen LogP contribution in [0.3, 0.4) is 0 Å². The van der Waals surface area contributed by atoms with Crippen LogP contribution in [-0.2, 0) is 6.61 Å². The third kappa shape index (κ3) is 3.26. The van der Waals surface area contributed by atoms with Crippen LogP contribution in [0, 0.1) is 0 Å². The normalized spacial score (nSPS) is 15.0. The topological polar surface area (TPSA) is 62.1 Å². The average molecular weight is 296 g/mol. The van der Waals surface area contributed by atoms with Crippen molar-refractivity contribution in [2.45, 2.75) is 38.5 Å². The molecule has 1 fully saturated rings. The molecule has 0 radical (unpaired) electrons. The van der Waals surface area contributed by atoms with E-state index in [0.29, 0.717) is 17.6 Å². The van der Waals surface area contributed by atoms with E-state index in [1.54, 1.807) is 16.8 Å². The zero-order chi connectivity index (χ0) is 14.7. The molecule has 2 aromatic rings. The molecule has 0 unspecified atom stereocenters. The van der Waals surface area contributed by atoms with Crippen LogP contribution < -0.4 is 9.47 Å². The first-order chi connectivity index (χ1) is 10.2. The van der Waals surface area contributed by atoms with Gasteiger partial charge in [-0.05, 0) is 41.8 Å². The number of hydrogen-bond donors (Lipinski definition) is 0. The monoisotopic (exact) mass is 296 g/mol. The van der Waals surface area contributed by atoms with Gasteiger partial charge in [-0.3, -0.25) is 0 Å². The van der Waals surface area contributed by atoms with Crippen LogP contribution in [-0.4, -0.2) is 26.8 Å². The smallest absolute Gasteiger partial charge is 0.387 e. The Morgan fingerprint density at radius 1 is 1.29 bits per heavy atom. The molecule has 1 aliphatic rings. The summed E-state index contributed by atoms with van der Waals surface area (Å²) in [5, 5.41) is 11.5. The molecule has 0 amide bonds. The molecule has 1 aliphatic carbocycles. The van der Waals surface area contributed by atoms with Crippen molar-refractivity contribution >= 4 is 0 Å². The molecule has 3 rings (SSSR count). The van der Waals surface area contributed by atoms with Crippen LogP contribution in [0.25, 0.3) is 0 Å². The van der Waals surface area contributed by atoms with Gasteiger partial charge in [-0.15, -0.1) is 5.10 Å². The lowest BCUT2D eigenvalue weighted by atomic mass is 9.93. The Labute approximate surface area is 119 Å². The maximum Gasteiger partial charge on any atom is 0.387 e. The molecular formula is C13H14F2N4O2. The van der Waals surface area contributed by atoms with Crippen molar-refractivity contribution in [2.24, 2.45) is 0 Å². The highest BCUT2D eigenvalue weighted by Gasteiger charge is 2.23. The maximum absolute atomic E-state index is 12.2. The molecule has 0 atom stereocenters. The molecule has 112 valence electrons. The van der Waals surface area contributed by atoms with Gasteiger partial charge in [-0.25, -0.2) is 4.68 Å². The summed E-state index contributed by atoms with van der Waals surface area (Å²) in [4.78, 5) is 0. The van der Waals surface area contributed by atoms with Crippen LogP contribution >= 0.6 is 0 Å². The molecule has 0 N–H and O–H groups in total. The first-order valence-electron chi connectivity index (χ1n) is 6.67. The second-order valence-corrected chi connectivity index (χ2v) is 4.77. The Morgan fingerprint density at radius 2 is 2.10 bits per heavy atom. The number of halogens is 2. The first kappa shape index (κ1) is 13.7. The maximum atomic E-state index is 12.2. The fourth-order valence-electron chi connectivity index (χ4n) is 2.11. The van der Waals surface area contributed by atoms with Crippen molar-refractivity contribution in [3.05, 3.63) is 30.1 Å². The minimum absolute atomic E-state index is 0.0566. The molecular weight excluding hydrogens is 282 g/mol. The van der Waals surface area contributed by atoms with Crippen molar-refractivity contribution < 1.29 is 18.3 Å². The van der Waals surface area contributed by atoms with Gasteiger partial charge < -0.3 is 9.47 Å². The molecule has 0 saturated heterocycles. The summed E-state index contributed by atoms with van der Waals surface area (Å²) in [6.45, 7) is -2.67. The number of hydrogen-bond acceptors (Lipinski definition) is 5. The Hall–Kier alpha value is -2.25. The van der Waals surface area contributed by atoms with E-state index in [0.717, 1.165) is 12.8 Å². The Morgan fingerprint density at radius 3 is 2.81 bits per heavy atom. The van der Waals surface area contributed by atoms with Gasteiger partial charge in [0.1, 0.15) is 18.1 Å². The molecule has 8 heteroatoms. The summed E-state index contributed by atoms with van der Waals surface area (Å²) >= 11 is 0. The van der Waals surface area contributed by atoms with E-state index in [1.807, 2.05) is 0 Å². The fraction of sp³-hybridized carbons (Fsp3) is 0.462. The highest BCUT2D eigenvalue weighted by molar-refractivity contribution is 5.32. The second-order valence-electron chi connectivity index (χ2n) is 4.77. The highest BCUT2D eigenvalue weighted by Crippen LogP contribution is 2.31. The van der Waals surface area contributed by atoms with Crippen LogP contribution in [0.15, 0.2) is 24.3 Å². The average Bonchev–Trinajstić information content (AvgIpc) is 2.82. The molecule has 0 bridgehead atoms. The number of rotatable bonds is 6. The SMILES string of the molecule is FC(F)Oc1cccc(OCc2nnnn2C2CCC2)c1. The number of alkyl halides is 2. The number of tetrazole rings is 1. The van der Waals surface area contributed by atoms with E-state index in [4.69, 9.17) is 4.74 Å². The molecule has 1 aromatic heterocycles. The van der Waals surface area contributed by atoms with Crippen LogP contribution in [0.1, 0.15) is 31.1 Å². The van der Waals surface area contributed by atoms with Crippen LogP contribution in [0.5, 0.6) is 11.5 Å². The van der Waals surface area contributed by atoms with Crippen molar-refractivity contribution in [1.82, 2.24) is 20.2 Å². The molecule has 0 spiro atoms. The van der Waals surface area contributed by atoms with Crippen molar-refractivity contribution in [3.8, 4) is 11.5 Å². The van der Waals surface area contributed by atoms with Crippen LogP contribution in [0.2, 0.25) is 0 Å². The summed E-state index contributed by atoms with van der Waals surface area (Å²) in [5.41, 5.74) is 0. The molecule has 0 aliphatic heterocycles. The minimum atomic E-state index is -2.86. The van der Waals surface area contributed by atoms with Gasteiger partial charge in [0.2, 0.25) is 0 Å². The summed E-state index contributed by atoms with van der Waals surface area (Å²) in [7, 11) is 0. The minimum Gasteiger partial charge on any atom is -0.485 e. The first-order valence-corrected chi connectivity index (χ1v) is 6.67.